The van der Waals surface area contributed by atoms with E-state index in [1.165, 1.54) is 0 Å². The molecule has 0 aromatic heterocycles. The summed E-state index contributed by atoms with van der Waals surface area (Å²) in [6, 6.07) is 0.550. The van der Waals surface area contributed by atoms with Crippen LogP contribution < -0.4 is 0 Å². The second-order valence-electron chi connectivity index (χ2n) is 2.68. The predicted molar refractivity (Wildman–Crippen MR) is 45.4 cm³/mol. The lowest BCUT2D eigenvalue weighted by molar-refractivity contribution is -0.0119. The van der Waals surface area contributed by atoms with Crippen molar-refractivity contribution in [3.05, 3.63) is 0 Å². The molecular weight excluding hydrogens is 194 g/mol. The van der Waals surface area contributed by atoms with E-state index >= 15 is 0 Å². The van der Waals surface area contributed by atoms with Gasteiger partial charge in [-0.25, -0.2) is 0 Å². The summed E-state index contributed by atoms with van der Waals surface area (Å²) in [4.78, 5) is 2.34. The fourth-order valence-electron chi connectivity index (χ4n) is 1.28. The zero-order chi connectivity index (χ0) is 7.56. The number of hydrogen-bond acceptors (Lipinski definition) is 2. The quantitative estimate of drug-likeness (QED) is 0.604. The number of rotatable bonds is 1. The summed E-state index contributed by atoms with van der Waals surface area (Å²) in [5.74, 6) is 0. The summed E-state index contributed by atoms with van der Waals surface area (Å²) in [5, 5.41) is 0.233. The van der Waals surface area contributed by atoms with E-state index in [-0.39, 0.29) is 5.01 Å². The van der Waals surface area contributed by atoms with Crippen molar-refractivity contribution in [1.29, 1.82) is 0 Å². The van der Waals surface area contributed by atoms with Crippen molar-refractivity contribution < 1.29 is 4.74 Å². The number of ether oxygens (including phenoxy) is 1. The third kappa shape index (κ3) is 1.71. The highest BCUT2D eigenvalue weighted by atomic mass is 79.9. The standard InChI is InChI=1S/C7H14BrNO/c1-3-6-7(8)10-5-4-9(6)2/h6-7H,3-5H2,1-2H3. The molecule has 0 N–H and O–H groups in total. The van der Waals surface area contributed by atoms with Crippen LogP contribution in [0.2, 0.25) is 0 Å². The minimum Gasteiger partial charge on any atom is -0.364 e. The fraction of sp³-hybridized carbons (Fsp3) is 1.00. The van der Waals surface area contributed by atoms with Gasteiger partial charge < -0.3 is 4.74 Å². The first-order valence-corrected chi connectivity index (χ1v) is 4.63. The molecule has 0 bridgehead atoms. The molecule has 1 saturated heterocycles. The second kappa shape index (κ2) is 3.69. The largest absolute Gasteiger partial charge is 0.364 e. The molecule has 3 heteroatoms. The molecule has 0 aromatic carbocycles. The third-order valence-corrected chi connectivity index (χ3v) is 2.88. The molecule has 2 atom stereocenters. The zero-order valence-electron chi connectivity index (χ0n) is 6.51. The molecule has 60 valence electrons. The van der Waals surface area contributed by atoms with Gasteiger partial charge in [-0.3, -0.25) is 4.90 Å². The summed E-state index contributed by atoms with van der Waals surface area (Å²) >= 11 is 3.49. The van der Waals surface area contributed by atoms with Gasteiger partial charge in [-0.05, 0) is 13.5 Å². The maximum Gasteiger partial charge on any atom is 0.127 e. The summed E-state index contributed by atoms with van der Waals surface area (Å²) < 4.78 is 5.43. The second-order valence-corrected chi connectivity index (χ2v) is 3.58. The van der Waals surface area contributed by atoms with Gasteiger partial charge in [-0.1, -0.05) is 22.9 Å². The predicted octanol–water partition coefficient (Wildman–Crippen LogP) is 1.45. The molecule has 1 rings (SSSR count). The summed E-state index contributed by atoms with van der Waals surface area (Å²) in [6.07, 6.45) is 1.15. The van der Waals surface area contributed by atoms with E-state index in [0.29, 0.717) is 6.04 Å². The topological polar surface area (TPSA) is 12.5 Å². The molecule has 0 aliphatic carbocycles. The van der Waals surface area contributed by atoms with Crippen molar-refractivity contribution in [3.8, 4) is 0 Å². The Hall–Kier alpha value is 0.400. The van der Waals surface area contributed by atoms with Crippen LogP contribution in [0.5, 0.6) is 0 Å². The molecule has 2 nitrogen and oxygen atoms in total. The number of nitrogens with zero attached hydrogens (tertiary/aromatic N) is 1. The number of morpholine rings is 1. The van der Waals surface area contributed by atoms with Gasteiger partial charge >= 0.3 is 0 Å². The van der Waals surface area contributed by atoms with Crippen LogP contribution in [-0.2, 0) is 4.74 Å². The Bertz CT molecular complexity index is 99.8. The highest BCUT2D eigenvalue weighted by Gasteiger charge is 2.25. The Balaban J connectivity index is 2.45. The molecule has 1 aliphatic heterocycles. The number of hydrogen-bond donors (Lipinski definition) is 0. The van der Waals surface area contributed by atoms with Crippen LogP contribution in [0.1, 0.15) is 13.3 Å². The SMILES string of the molecule is CCC1C(Br)OCCN1C. The van der Waals surface area contributed by atoms with Crippen molar-refractivity contribution in [2.24, 2.45) is 0 Å². The van der Waals surface area contributed by atoms with Gasteiger partial charge in [0.1, 0.15) is 5.01 Å². The summed E-state index contributed by atoms with van der Waals surface area (Å²) in [5.41, 5.74) is 0. The number of alkyl halides is 1. The van der Waals surface area contributed by atoms with Gasteiger partial charge in [0.05, 0.1) is 6.61 Å². The minimum absolute atomic E-state index is 0.233. The summed E-state index contributed by atoms with van der Waals surface area (Å²) in [7, 11) is 2.14. The third-order valence-electron chi connectivity index (χ3n) is 2.01. The first kappa shape index (κ1) is 8.50. The van der Waals surface area contributed by atoms with Crippen LogP contribution in [-0.4, -0.2) is 36.2 Å². The van der Waals surface area contributed by atoms with Gasteiger partial charge in [-0.2, -0.15) is 0 Å². The molecule has 10 heavy (non-hydrogen) atoms. The van der Waals surface area contributed by atoms with Crippen LogP contribution in [0, 0.1) is 0 Å². The maximum atomic E-state index is 5.43. The maximum absolute atomic E-state index is 5.43. The van der Waals surface area contributed by atoms with Crippen LogP contribution in [0.3, 0.4) is 0 Å². The van der Waals surface area contributed by atoms with Gasteiger partial charge in [0.15, 0.2) is 0 Å². The van der Waals surface area contributed by atoms with Crippen molar-refractivity contribution in [2.75, 3.05) is 20.2 Å². The van der Waals surface area contributed by atoms with Crippen LogP contribution >= 0.6 is 15.9 Å². The Morgan fingerprint density at radius 1 is 1.70 bits per heavy atom. The Labute approximate surface area is 70.7 Å². The van der Waals surface area contributed by atoms with E-state index in [1.807, 2.05) is 0 Å². The van der Waals surface area contributed by atoms with Gasteiger partial charge in [-0.15, -0.1) is 0 Å². The van der Waals surface area contributed by atoms with Crippen molar-refractivity contribution >= 4 is 15.9 Å². The molecule has 1 heterocycles. The van der Waals surface area contributed by atoms with Gasteiger partial charge in [0, 0.05) is 12.6 Å². The van der Waals surface area contributed by atoms with E-state index in [4.69, 9.17) is 4.74 Å². The molecule has 2 unspecified atom stereocenters. The van der Waals surface area contributed by atoms with Gasteiger partial charge in [0.25, 0.3) is 0 Å². The first-order chi connectivity index (χ1) is 4.75. The molecule has 0 aromatic rings. The van der Waals surface area contributed by atoms with E-state index in [9.17, 15) is 0 Å². The lowest BCUT2D eigenvalue weighted by Crippen LogP contribution is -2.46. The fourth-order valence-corrected chi connectivity index (χ4v) is 2.25. The van der Waals surface area contributed by atoms with E-state index in [2.05, 4.69) is 34.8 Å². The van der Waals surface area contributed by atoms with Crippen LogP contribution in [0.15, 0.2) is 0 Å². The van der Waals surface area contributed by atoms with Crippen molar-refractivity contribution in [3.63, 3.8) is 0 Å². The highest BCUT2D eigenvalue weighted by Crippen LogP contribution is 2.19. The molecular formula is C7H14BrNO. The zero-order valence-corrected chi connectivity index (χ0v) is 8.10. The Kier molecular flexibility index (Phi) is 3.14. The molecule has 0 radical (unpaired) electrons. The smallest absolute Gasteiger partial charge is 0.127 e. The number of likely N-dealkylation sites (N-methyl/N-ethyl adjacent to an activating group) is 1. The van der Waals surface area contributed by atoms with E-state index in [1.54, 1.807) is 0 Å². The molecule has 0 saturated carbocycles. The lowest BCUT2D eigenvalue weighted by atomic mass is 10.2. The van der Waals surface area contributed by atoms with E-state index < -0.39 is 0 Å². The highest BCUT2D eigenvalue weighted by molar-refractivity contribution is 9.09. The molecule has 1 fully saturated rings. The number of halogens is 1. The van der Waals surface area contributed by atoms with Crippen molar-refractivity contribution in [1.82, 2.24) is 4.90 Å². The summed E-state index contributed by atoms with van der Waals surface area (Å²) in [6.45, 7) is 4.09. The van der Waals surface area contributed by atoms with Crippen LogP contribution in [0.25, 0.3) is 0 Å². The Morgan fingerprint density at radius 2 is 2.40 bits per heavy atom. The van der Waals surface area contributed by atoms with Gasteiger partial charge in [0.2, 0.25) is 0 Å². The lowest BCUT2D eigenvalue weighted by Gasteiger charge is -2.35. The molecule has 0 spiro atoms. The minimum atomic E-state index is 0.233. The molecule has 0 amide bonds. The monoisotopic (exact) mass is 207 g/mol. The first-order valence-electron chi connectivity index (χ1n) is 3.71. The van der Waals surface area contributed by atoms with Crippen LogP contribution in [0.4, 0.5) is 0 Å². The van der Waals surface area contributed by atoms with Crippen molar-refractivity contribution in [2.45, 2.75) is 24.4 Å². The average molecular weight is 208 g/mol. The normalized spacial score (nSPS) is 36.3. The Morgan fingerprint density at radius 3 is 2.80 bits per heavy atom. The van der Waals surface area contributed by atoms with E-state index in [0.717, 1.165) is 19.6 Å². The molecule has 1 aliphatic rings. The average Bonchev–Trinajstić information content (AvgIpc) is 1.88.